The molecule has 0 unspecified atom stereocenters. The van der Waals surface area contributed by atoms with Crippen LogP contribution < -0.4 is 0 Å². The van der Waals surface area contributed by atoms with Gasteiger partial charge >= 0.3 is 0 Å². The maximum Gasteiger partial charge on any atom is 0.0491 e. The van der Waals surface area contributed by atoms with E-state index in [1.165, 1.54) is 54.8 Å². The average molecular weight is 373 g/mol. The molecule has 1 nitrogen and oxygen atoms in total. The van der Waals surface area contributed by atoms with E-state index in [4.69, 9.17) is 0 Å². The summed E-state index contributed by atoms with van der Waals surface area (Å²) < 4.78 is 2.47. The third kappa shape index (κ3) is 2.47. The van der Waals surface area contributed by atoms with Gasteiger partial charge in [-0.25, -0.2) is 0 Å². The lowest BCUT2D eigenvalue weighted by Gasteiger charge is -2.06. The molecule has 0 aliphatic heterocycles. The molecule has 1 heterocycles. The van der Waals surface area contributed by atoms with Crippen molar-refractivity contribution >= 4 is 44.2 Å². The summed E-state index contributed by atoms with van der Waals surface area (Å²) in [5.74, 6) is 0. The lowest BCUT2D eigenvalue weighted by molar-refractivity contribution is 0.724. The Balaban J connectivity index is 1.53. The number of allylic oxidation sites excluding steroid dienone is 1. The van der Waals surface area contributed by atoms with Crippen LogP contribution in [0.3, 0.4) is 0 Å². The van der Waals surface area contributed by atoms with Crippen LogP contribution in [0.25, 0.3) is 44.2 Å². The van der Waals surface area contributed by atoms with Gasteiger partial charge in [0.2, 0.25) is 0 Å². The molecule has 1 aliphatic carbocycles. The zero-order valence-corrected chi connectivity index (χ0v) is 16.7. The molecule has 4 aromatic carbocycles. The first-order valence-corrected chi connectivity index (χ1v) is 10.6. The van der Waals surface area contributed by atoms with Crippen molar-refractivity contribution in [1.29, 1.82) is 0 Å². The molecule has 0 fully saturated rings. The third-order valence-corrected chi connectivity index (χ3v) is 6.30. The molecule has 1 aromatic heterocycles. The second-order valence-corrected chi connectivity index (χ2v) is 8.11. The molecular weight excluding hydrogens is 350 g/mol. The molecule has 0 bridgehead atoms. The van der Waals surface area contributed by atoms with E-state index in [0.717, 1.165) is 19.4 Å². The highest BCUT2D eigenvalue weighted by Crippen LogP contribution is 2.39. The second-order valence-electron chi connectivity index (χ2n) is 8.11. The summed E-state index contributed by atoms with van der Waals surface area (Å²) >= 11 is 0. The van der Waals surface area contributed by atoms with Gasteiger partial charge in [-0.1, -0.05) is 73.7 Å². The Morgan fingerprint density at radius 2 is 1.66 bits per heavy atom. The number of aromatic nitrogens is 1. The number of benzene rings is 4. The number of para-hydroxylation sites is 1. The smallest absolute Gasteiger partial charge is 0.0491 e. The first-order chi connectivity index (χ1) is 14.3. The van der Waals surface area contributed by atoms with Gasteiger partial charge in [-0.3, -0.25) is 0 Å². The van der Waals surface area contributed by atoms with Crippen LogP contribution in [0.4, 0.5) is 0 Å². The van der Waals surface area contributed by atoms with Crippen LogP contribution in [0.1, 0.15) is 30.0 Å². The zero-order valence-electron chi connectivity index (χ0n) is 16.7. The molecule has 5 aromatic rings. The van der Waals surface area contributed by atoms with Crippen molar-refractivity contribution < 1.29 is 0 Å². The van der Waals surface area contributed by atoms with Crippen molar-refractivity contribution in [2.45, 2.75) is 26.3 Å². The van der Waals surface area contributed by atoms with Crippen molar-refractivity contribution in [2.24, 2.45) is 0 Å². The van der Waals surface area contributed by atoms with Crippen LogP contribution in [0, 0.1) is 0 Å². The molecule has 0 amide bonds. The number of nitrogens with zero attached hydrogens (tertiary/aromatic N) is 1. The average Bonchev–Trinajstić information content (AvgIpc) is 3.26. The summed E-state index contributed by atoms with van der Waals surface area (Å²) in [4.78, 5) is 0. The van der Waals surface area contributed by atoms with E-state index in [2.05, 4.69) is 96.4 Å². The highest BCUT2D eigenvalue weighted by molar-refractivity contribution is 6.10. The van der Waals surface area contributed by atoms with E-state index in [1.54, 1.807) is 0 Å². The number of rotatable bonds is 3. The van der Waals surface area contributed by atoms with Gasteiger partial charge < -0.3 is 4.57 Å². The standard InChI is InChI=1S/C28H23N/c1-2-15-29-26-12-4-3-10-24(26)25-17-19(13-14-27(25)29)16-22-18-21-9-5-7-20-8-6-11-23(22)28(20)21/h3-14,16-17H,2,15,18H2,1H3/b22-16-. The maximum atomic E-state index is 2.47. The Labute approximate surface area is 170 Å². The summed E-state index contributed by atoms with van der Waals surface area (Å²) in [6.45, 7) is 3.31. The van der Waals surface area contributed by atoms with Crippen molar-refractivity contribution in [1.82, 2.24) is 4.57 Å². The van der Waals surface area contributed by atoms with Crippen LogP contribution in [0.15, 0.2) is 78.9 Å². The number of fused-ring (bicyclic) bond motifs is 3. The van der Waals surface area contributed by atoms with Gasteiger partial charge in [0.1, 0.15) is 0 Å². The predicted molar refractivity (Wildman–Crippen MR) is 125 cm³/mol. The molecule has 0 N–H and O–H groups in total. The van der Waals surface area contributed by atoms with Crippen molar-refractivity contribution in [2.75, 3.05) is 0 Å². The van der Waals surface area contributed by atoms with E-state index in [-0.39, 0.29) is 0 Å². The molecule has 0 saturated heterocycles. The molecule has 0 atom stereocenters. The fourth-order valence-electron chi connectivity index (χ4n) is 5.09. The molecule has 0 radical (unpaired) electrons. The molecule has 0 spiro atoms. The van der Waals surface area contributed by atoms with Gasteiger partial charge in [-0.2, -0.15) is 0 Å². The fraction of sp³-hybridized carbons (Fsp3) is 0.143. The maximum absolute atomic E-state index is 2.47. The molecular formula is C28H23N. The fourth-order valence-corrected chi connectivity index (χ4v) is 5.09. The van der Waals surface area contributed by atoms with Crippen LogP contribution in [0.5, 0.6) is 0 Å². The van der Waals surface area contributed by atoms with Gasteiger partial charge in [0, 0.05) is 28.4 Å². The van der Waals surface area contributed by atoms with E-state index in [9.17, 15) is 0 Å². The largest absolute Gasteiger partial charge is 0.340 e. The highest BCUT2D eigenvalue weighted by atomic mass is 15.0. The second kappa shape index (κ2) is 6.35. The first kappa shape index (κ1) is 16.6. The lowest BCUT2D eigenvalue weighted by atomic mass is 10.0. The van der Waals surface area contributed by atoms with Crippen molar-refractivity contribution in [3.63, 3.8) is 0 Å². The van der Waals surface area contributed by atoms with Gasteiger partial charge in [-0.15, -0.1) is 0 Å². The predicted octanol–water partition coefficient (Wildman–Crippen LogP) is 7.45. The summed E-state index contributed by atoms with van der Waals surface area (Å²) in [7, 11) is 0. The molecule has 29 heavy (non-hydrogen) atoms. The Morgan fingerprint density at radius 1 is 0.828 bits per heavy atom. The molecule has 6 rings (SSSR count). The molecule has 1 aliphatic rings. The van der Waals surface area contributed by atoms with E-state index in [1.807, 2.05) is 0 Å². The topological polar surface area (TPSA) is 4.93 Å². The number of hydrogen-bond acceptors (Lipinski definition) is 0. The Bertz CT molecular complexity index is 1430. The van der Waals surface area contributed by atoms with Gasteiger partial charge in [-0.05, 0) is 64.1 Å². The number of hydrogen-bond donors (Lipinski definition) is 0. The van der Waals surface area contributed by atoms with Crippen LogP contribution in [0.2, 0.25) is 0 Å². The van der Waals surface area contributed by atoms with Gasteiger partial charge in [0.05, 0.1) is 0 Å². The third-order valence-electron chi connectivity index (χ3n) is 6.30. The lowest BCUT2D eigenvalue weighted by Crippen LogP contribution is -1.95. The van der Waals surface area contributed by atoms with Crippen LogP contribution >= 0.6 is 0 Å². The minimum atomic E-state index is 1.02. The van der Waals surface area contributed by atoms with Crippen molar-refractivity contribution in [3.8, 4) is 0 Å². The Kier molecular flexibility index (Phi) is 3.64. The minimum absolute atomic E-state index is 1.02. The van der Waals surface area contributed by atoms with Gasteiger partial charge in [0.25, 0.3) is 0 Å². The molecule has 140 valence electrons. The Hall–Kier alpha value is -3.32. The SMILES string of the molecule is CCCn1c2ccccc2c2cc(/C=C3/Cc4cccc5cccc3c45)ccc21. The molecule has 1 heteroatoms. The summed E-state index contributed by atoms with van der Waals surface area (Å²) in [5.41, 5.74) is 8.24. The van der Waals surface area contributed by atoms with E-state index >= 15 is 0 Å². The first-order valence-electron chi connectivity index (χ1n) is 10.6. The minimum Gasteiger partial charge on any atom is -0.340 e. The van der Waals surface area contributed by atoms with Crippen LogP contribution in [-0.2, 0) is 13.0 Å². The summed E-state index contributed by atoms with van der Waals surface area (Å²) in [6.07, 6.45) is 4.55. The highest BCUT2D eigenvalue weighted by Gasteiger charge is 2.18. The van der Waals surface area contributed by atoms with Crippen molar-refractivity contribution in [3.05, 3.63) is 95.6 Å². The van der Waals surface area contributed by atoms with E-state index < -0.39 is 0 Å². The monoisotopic (exact) mass is 373 g/mol. The summed E-state index contributed by atoms with van der Waals surface area (Å²) in [6, 6.07) is 29.1. The van der Waals surface area contributed by atoms with E-state index in [0.29, 0.717) is 0 Å². The molecule has 0 saturated carbocycles. The number of aryl methyl sites for hydroxylation is 1. The normalized spacial score (nSPS) is 14.6. The Morgan fingerprint density at radius 3 is 2.55 bits per heavy atom. The zero-order chi connectivity index (χ0) is 19.4. The quantitative estimate of drug-likeness (QED) is 0.309. The van der Waals surface area contributed by atoms with Crippen LogP contribution in [-0.4, -0.2) is 4.57 Å². The summed E-state index contributed by atoms with van der Waals surface area (Å²) in [5, 5.41) is 5.49. The van der Waals surface area contributed by atoms with Gasteiger partial charge in [0.15, 0.2) is 0 Å².